The lowest BCUT2D eigenvalue weighted by molar-refractivity contribution is -0.142. The Morgan fingerprint density at radius 1 is 1.22 bits per heavy atom. The molecule has 1 N–H and O–H groups in total. The minimum atomic E-state index is -0.452. The molecule has 0 fully saturated rings. The Kier molecular flexibility index (Phi) is 5.51. The first-order valence-electron chi connectivity index (χ1n) is 6.78. The molecule has 0 aliphatic rings. The molecule has 1 aromatic heterocycles. The zero-order valence-corrected chi connectivity index (χ0v) is 12.7. The van der Waals surface area contributed by atoms with E-state index in [1.807, 2.05) is 0 Å². The third kappa shape index (κ3) is 4.99. The molecule has 0 radical (unpaired) electrons. The fourth-order valence-electron chi connectivity index (χ4n) is 1.63. The van der Waals surface area contributed by atoms with Crippen LogP contribution in [0, 0.1) is 6.92 Å². The molecule has 0 saturated carbocycles. The number of carbonyl (C=O) groups is 2. The highest BCUT2D eigenvalue weighted by Gasteiger charge is 2.08. The summed E-state index contributed by atoms with van der Waals surface area (Å²) >= 11 is 0. The molecular weight excluding hydrogens is 300 g/mol. The second kappa shape index (κ2) is 7.79. The summed E-state index contributed by atoms with van der Waals surface area (Å²) in [6.45, 7) is 1.60. The second-order valence-corrected chi connectivity index (χ2v) is 4.54. The van der Waals surface area contributed by atoms with E-state index in [0.29, 0.717) is 11.5 Å². The quantitative estimate of drug-likeness (QED) is 0.499. The summed E-state index contributed by atoms with van der Waals surface area (Å²) in [5, 5.41) is 3.84. The topological polar surface area (TPSA) is 90.1 Å². The Hall–Kier alpha value is -3.09. The molecule has 1 aromatic carbocycles. The molecule has 0 unspecified atom stereocenters. The number of ether oxygens (including phenoxy) is 2. The second-order valence-electron chi connectivity index (χ2n) is 4.54. The highest BCUT2D eigenvalue weighted by molar-refractivity contribution is 5.92. The van der Waals surface area contributed by atoms with Crippen LogP contribution in [-0.4, -0.2) is 31.8 Å². The van der Waals surface area contributed by atoms with E-state index in [1.165, 1.54) is 13.3 Å². The summed E-state index contributed by atoms with van der Waals surface area (Å²) in [7, 11) is 1.30. The van der Waals surface area contributed by atoms with Gasteiger partial charge in [-0.3, -0.25) is 4.79 Å². The van der Waals surface area contributed by atoms with E-state index in [1.54, 1.807) is 43.3 Å². The fraction of sp³-hybridized carbons (Fsp3) is 0.188. The van der Waals surface area contributed by atoms with Crippen LogP contribution in [0.25, 0.3) is 0 Å². The number of nitrogens with one attached hydrogen (secondary N) is 1. The van der Waals surface area contributed by atoms with Gasteiger partial charge in [-0.1, -0.05) is 0 Å². The van der Waals surface area contributed by atoms with Gasteiger partial charge in [0, 0.05) is 0 Å². The zero-order valence-electron chi connectivity index (χ0n) is 12.7. The number of amides is 1. The van der Waals surface area contributed by atoms with Crippen molar-refractivity contribution in [2.45, 2.75) is 6.92 Å². The van der Waals surface area contributed by atoms with Gasteiger partial charge in [-0.15, -0.1) is 0 Å². The molecule has 1 heterocycles. The Bertz CT molecular complexity index is 704. The first-order chi connectivity index (χ1) is 11.1. The molecule has 2 rings (SSSR count). The molecule has 120 valence electrons. The smallest absolute Gasteiger partial charge is 0.343 e. The third-order valence-electron chi connectivity index (χ3n) is 2.81. The van der Waals surface area contributed by atoms with Gasteiger partial charge >= 0.3 is 11.9 Å². The van der Waals surface area contributed by atoms with Crippen molar-refractivity contribution in [2.75, 3.05) is 13.7 Å². The van der Waals surface area contributed by atoms with E-state index in [2.05, 4.69) is 15.3 Å². The molecular formula is C16H16N2O5. The summed E-state index contributed by atoms with van der Waals surface area (Å²) in [6, 6.07) is 10.1. The lowest BCUT2D eigenvalue weighted by Gasteiger charge is -2.04. The lowest BCUT2D eigenvalue weighted by Crippen LogP contribution is -2.16. The number of esters is 1. The highest BCUT2D eigenvalue weighted by Crippen LogP contribution is 2.11. The third-order valence-corrected chi connectivity index (χ3v) is 2.81. The van der Waals surface area contributed by atoms with E-state index in [4.69, 9.17) is 9.15 Å². The van der Waals surface area contributed by atoms with Crippen LogP contribution in [0.2, 0.25) is 0 Å². The summed E-state index contributed by atoms with van der Waals surface area (Å²) in [4.78, 5) is 22.7. The maximum atomic E-state index is 11.7. The molecule has 0 spiro atoms. The molecule has 0 aliphatic carbocycles. The number of furan rings is 1. The van der Waals surface area contributed by atoms with Gasteiger partial charge in [0.1, 0.15) is 11.5 Å². The Labute approximate surface area is 132 Å². The monoisotopic (exact) mass is 316 g/mol. The number of hydrogen-bond donors (Lipinski definition) is 1. The molecule has 2 aromatic rings. The van der Waals surface area contributed by atoms with Gasteiger partial charge in [-0.2, -0.15) is 5.10 Å². The molecule has 7 heteroatoms. The van der Waals surface area contributed by atoms with Crippen molar-refractivity contribution in [1.29, 1.82) is 0 Å². The zero-order chi connectivity index (χ0) is 16.7. The number of carbonyl (C=O) groups excluding carboxylic acids is 2. The number of methoxy groups -OCH3 is 1. The van der Waals surface area contributed by atoms with Crippen LogP contribution in [0.4, 0.5) is 0 Å². The summed E-state index contributed by atoms with van der Waals surface area (Å²) in [5.41, 5.74) is 3.12. The Balaban J connectivity index is 1.85. The van der Waals surface area contributed by atoms with Gasteiger partial charge in [-0.05, 0) is 48.9 Å². The molecule has 0 atom stereocenters. The predicted molar refractivity (Wildman–Crippen MR) is 82.5 cm³/mol. The fourth-order valence-corrected chi connectivity index (χ4v) is 1.63. The summed E-state index contributed by atoms with van der Waals surface area (Å²) in [6.07, 6.45) is 1.48. The van der Waals surface area contributed by atoms with Crippen molar-refractivity contribution in [3.63, 3.8) is 0 Å². The van der Waals surface area contributed by atoms with Crippen LogP contribution in [0.3, 0.4) is 0 Å². The first kappa shape index (κ1) is 16.3. The van der Waals surface area contributed by atoms with E-state index < -0.39 is 11.9 Å². The van der Waals surface area contributed by atoms with Crippen LogP contribution in [0.15, 0.2) is 45.9 Å². The van der Waals surface area contributed by atoms with Crippen molar-refractivity contribution >= 4 is 18.1 Å². The van der Waals surface area contributed by atoms with Gasteiger partial charge < -0.3 is 13.9 Å². The minimum Gasteiger partial charge on any atom is -0.482 e. The number of benzene rings is 1. The molecule has 0 bridgehead atoms. The Morgan fingerprint density at radius 3 is 2.57 bits per heavy atom. The van der Waals surface area contributed by atoms with E-state index >= 15 is 0 Å². The van der Waals surface area contributed by atoms with Crippen LogP contribution >= 0.6 is 0 Å². The Morgan fingerprint density at radius 2 is 1.96 bits per heavy atom. The maximum Gasteiger partial charge on any atom is 0.343 e. The average Bonchev–Trinajstić information content (AvgIpc) is 3.00. The molecule has 23 heavy (non-hydrogen) atoms. The highest BCUT2D eigenvalue weighted by atomic mass is 16.6. The van der Waals surface area contributed by atoms with Crippen molar-refractivity contribution in [3.8, 4) is 5.75 Å². The van der Waals surface area contributed by atoms with Crippen LogP contribution < -0.4 is 10.2 Å². The average molecular weight is 316 g/mol. The van der Waals surface area contributed by atoms with Gasteiger partial charge in [0.15, 0.2) is 12.4 Å². The van der Waals surface area contributed by atoms with E-state index in [9.17, 15) is 9.59 Å². The number of hydrogen-bond acceptors (Lipinski definition) is 6. The molecule has 7 nitrogen and oxygen atoms in total. The van der Waals surface area contributed by atoms with E-state index in [0.717, 1.165) is 5.56 Å². The molecule has 0 saturated heterocycles. The predicted octanol–water partition coefficient (Wildman–Crippen LogP) is 1.90. The van der Waals surface area contributed by atoms with Gasteiger partial charge in [0.25, 0.3) is 0 Å². The minimum absolute atomic E-state index is 0.150. The first-order valence-corrected chi connectivity index (χ1v) is 6.78. The van der Waals surface area contributed by atoms with Gasteiger partial charge in [-0.25, -0.2) is 10.2 Å². The van der Waals surface area contributed by atoms with E-state index in [-0.39, 0.29) is 12.4 Å². The van der Waals surface area contributed by atoms with Gasteiger partial charge in [0.05, 0.1) is 13.3 Å². The van der Waals surface area contributed by atoms with Gasteiger partial charge in [0.2, 0.25) is 0 Å². The largest absolute Gasteiger partial charge is 0.482 e. The van der Waals surface area contributed by atoms with Crippen LogP contribution in [-0.2, 0) is 9.53 Å². The standard InChI is InChI=1S/C16H16N2O5/c1-11-3-8-14(23-11)16(20)18-17-9-12-4-6-13(7-5-12)22-10-15(19)21-2/h3-9H,10H2,1-2H3,(H,18,20)/b17-9+. The number of nitrogens with zero attached hydrogens (tertiary/aromatic N) is 1. The molecule has 0 aliphatic heterocycles. The summed E-state index contributed by atoms with van der Waals surface area (Å²) < 4.78 is 14.9. The van der Waals surface area contributed by atoms with Crippen molar-refractivity contribution < 1.29 is 23.5 Å². The van der Waals surface area contributed by atoms with Crippen molar-refractivity contribution in [1.82, 2.24) is 5.43 Å². The van der Waals surface area contributed by atoms with Crippen molar-refractivity contribution in [2.24, 2.45) is 5.10 Å². The van der Waals surface area contributed by atoms with Crippen molar-refractivity contribution in [3.05, 3.63) is 53.5 Å². The lowest BCUT2D eigenvalue weighted by atomic mass is 10.2. The maximum absolute atomic E-state index is 11.7. The number of rotatable bonds is 6. The number of aryl methyl sites for hydroxylation is 1. The molecule has 1 amide bonds. The van der Waals surface area contributed by atoms with Crippen LogP contribution in [0.1, 0.15) is 21.9 Å². The summed E-state index contributed by atoms with van der Waals surface area (Å²) in [5.74, 6) is 0.509. The SMILES string of the molecule is COC(=O)COc1ccc(/C=N/NC(=O)c2ccc(C)o2)cc1. The van der Waals surface area contributed by atoms with Crippen LogP contribution in [0.5, 0.6) is 5.75 Å². The number of hydrazone groups is 1. The normalized spacial score (nSPS) is 10.5.